The summed E-state index contributed by atoms with van der Waals surface area (Å²) in [5, 5.41) is 9.80. The van der Waals surface area contributed by atoms with E-state index in [9.17, 15) is 9.90 Å². The highest BCUT2D eigenvalue weighted by Crippen LogP contribution is 2.21. The van der Waals surface area contributed by atoms with Gasteiger partial charge in [0, 0.05) is 32.1 Å². The lowest BCUT2D eigenvalue weighted by Gasteiger charge is -2.25. The molecule has 20 heavy (non-hydrogen) atoms. The highest BCUT2D eigenvalue weighted by Gasteiger charge is 2.15. The summed E-state index contributed by atoms with van der Waals surface area (Å²) in [5.74, 6) is 0. The van der Waals surface area contributed by atoms with E-state index >= 15 is 0 Å². The topological polar surface area (TPSA) is 43.8 Å². The van der Waals surface area contributed by atoms with E-state index in [1.54, 1.807) is 32.8 Å². The highest BCUT2D eigenvalue weighted by molar-refractivity contribution is 8.13. The van der Waals surface area contributed by atoms with Crippen LogP contribution in [0.15, 0.2) is 29.2 Å². The molecule has 0 spiro atoms. The van der Waals surface area contributed by atoms with Crippen molar-refractivity contribution in [3.63, 3.8) is 0 Å². The van der Waals surface area contributed by atoms with Gasteiger partial charge in [-0.25, -0.2) is 0 Å². The van der Waals surface area contributed by atoms with Gasteiger partial charge in [-0.15, -0.1) is 0 Å². The zero-order chi connectivity index (χ0) is 15.3. The van der Waals surface area contributed by atoms with Gasteiger partial charge in [0.25, 0.3) is 5.24 Å². The van der Waals surface area contributed by atoms with Crippen LogP contribution in [0.25, 0.3) is 0 Å². The molecule has 0 atom stereocenters. The fourth-order valence-electron chi connectivity index (χ4n) is 1.88. The van der Waals surface area contributed by atoms with Crippen molar-refractivity contribution in [1.29, 1.82) is 0 Å². The number of thioether (sulfide) groups is 1. The van der Waals surface area contributed by atoms with Gasteiger partial charge >= 0.3 is 0 Å². The standard InChI is InChI=1S/C15H24N2O2S/c1-15(2,19)11-17(5)10-12-6-8-13(9-7-12)20-14(18)16(3)4/h6-9,19H,10-11H2,1-5H3. The molecule has 0 bridgehead atoms. The first-order valence-electron chi connectivity index (χ1n) is 6.56. The van der Waals surface area contributed by atoms with Gasteiger partial charge in [0.15, 0.2) is 0 Å². The number of amides is 1. The summed E-state index contributed by atoms with van der Waals surface area (Å²) < 4.78 is 0. The monoisotopic (exact) mass is 296 g/mol. The van der Waals surface area contributed by atoms with E-state index < -0.39 is 5.60 Å². The summed E-state index contributed by atoms with van der Waals surface area (Å²) in [6, 6.07) is 7.96. The third-order valence-corrected chi connectivity index (χ3v) is 3.65. The molecule has 0 saturated heterocycles. The molecule has 4 nitrogen and oxygen atoms in total. The lowest BCUT2D eigenvalue weighted by Crippen LogP contribution is -2.35. The lowest BCUT2D eigenvalue weighted by molar-refractivity contribution is 0.0425. The summed E-state index contributed by atoms with van der Waals surface area (Å²) in [4.78, 5) is 16.2. The summed E-state index contributed by atoms with van der Waals surface area (Å²) in [5.41, 5.74) is 0.473. The molecule has 0 heterocycles. The first-order valence-corrected chi connectivity index (χ1v) is 7.38. The van der Waals surface area contributed by atoms with Crippen molar-refractivity contribution >= 4 is 17.0 Å². The van der Waals surface area contributed by atoms with E-state index in [2.05, 4.69) is 4.90 Å². The zero-order valence-electron chi connectivity index (χ0n) is 12.9. The third-order valence-electron chi connectivity index (χ3n) is 2.60. The van der Waals surface area contributed by atoms with E-state index in [0.29, 0.717) is 6.54 Å². The summed E-state index contributed by atoms with van der Waals surface area (Å²) >= 11 is 1.22. The first kappa shape index (κ1) is 17.0. The van der Waals surface area contributed by atoms with Crippen molar-refractivity contribution in [3.8, 4) is 0 Å². The third kappa shape index (κ3) is 6.41. The number of hydrogen-bond acceptors (Lipinski definition) is 4. The molecular weight excluding hydrogens is 272 g/mol. The second-order valence-electron chi connectivity index (χ2n) is 5.89. The Bertz CT molecular complexity index is 438. The molecule has 0 radical (unpaired) electrons. The van der Waals surface area contributed by atoms with Crippen LogP contribution in [0, 0.1) is 0 Å². The summed E-state index contributed by atoms with van der Waals surface area (Å²) in [6.07, 6.45) is 0. The molecule has 5 heteroatoms. The molecule has 0 aliphatic heterocycles. The number of nitrogens with zero attached hydrogens (tertiary/aromatic N) is 2. The van der Waals surface area contributed by atoms with Crippen molar-refractivity contribution < 1.29 is 9.90 Å². The van der Waals surface area contributed by atoms with E-state index in [1.165, 1.54) is 17.3 Å². The SMILES string of the molecule is CN(Cc1ccc(SC(=O)N(C)C)cc1)CC(C)(C)O. The van der Waals surface area contributed by atoms with Crippen LogP contribution < -0.4 is 0 Å². The smallest absolute Gasteiger partial charge is 0.285 e. The predicted octanol–water partition coefficient (Wildman–Crippen LogP) is 2.66. The lowest BCUT2D eigenvalue weighted by atomic mass is 10.1. The molecule has 112 valence electrons. The van der Waals surface area contributed by atoms with Gasteiger partial charge < -0.3 is 10.0 Å². The summed E-state index contributed by atoms with van der Waals surface area (Å²) in [7, 11) is 5.47. The molecule has 1 rings (SSSR count). The van der Waals surface area contributed by atoms with Crippen LogP contribution >= 0.6 is 11.8 Å². The van der Waals surface area contributed by atoms with Gasteiger partial charge in [0.1, 0.15) is 0 Å². The number of hydrogen-bond donors (Lipinski definition) is 1. The number of likely N-dealkylation sites (N-methyl/N-ethyl adjacent to an activating group) is 1. The number of carbonyl (C=O) groups excluding carboxylic acids is 1. The Morgan fingerprint density at radius 3 is 2.20 bits per heavy atom. The molecule has 0 fully saturated rings. The molecule has 1 aromatic carbocycles. The number of aliphatic hydroxyl groups is 1. The maximum absolute atomic E-state index is 11.6. The Morgan fingerprint density at radius 1 is 1.20 bits per heavy atom. The quantitative estimate of drug-likeness (QED) is 0.848. The number of rotatable bonds is 5. The van der Waals surface area contributed by atoms with Crippen LogP contribution in [0.1, 0.15) is 19.4 Å². The van der Waals surface area contributed by atoms with Crippen LogP contribution in [0.3, 0.4) is 0 Å². The Morgan fingerprint density at radius 2 is 1.75 bits per heavy atom. The summed E-state index contributed by atoms with van der Waals surface area (Å²) in [6.45, 7) is 4.99. The van der Waals surface area contributed by atoms with Gasteiger partial charge in [0.05, 0.1) is 5.60 Å². The van der Waals surface area contributed by atoms with Gasteiger partial charge in [-0.3, -0.25) is 9.69 Å². The van der Waals surface area contributed by atoms with Crippen molar-refractivity contribution in [2.75, 3.05) is 27.7 Å². The van der Waals surface area contributed by atoms with E-state index in [-0.39, 0.29) is 5.24 Å². The molecule has 0 unspecified atom stereocenters. The average molecular weight is 296 g/mol. The minimum Gasteiger partial charge on any atom is -0.389 e. The molecule has 1 aromatic rings. The van der Waals surface area contributed by atoms with E-state index in [0.717, 1.165) is 11.4 Å². The van der Waals surface area contributed by atoms with Crippen molar-refractivity contribution in [2.24, 2.45) is 0 Å². The van der Waals surface area contributed by atoms with Crippen molar-refractivity contribution in [2.45, 2.75) is 30.9 Å². The van der Waals surface area contributed by atoms with Gasteiger partial charge in [-0.2, -0.15) is 0 Å². The van der Waals surface area contributed by atoms with E-state index in [4.69, 9.17) is 0 Å². The normalized spacial score (nSPS) is 11.8. The molecule has 0 saturated carbocycles. The fraction of sp³-hybridized carbons (Fsp3) is 0.533. The first-order chi connectivity index (χ1) is 9.17. The van der Waals surface area contributed by atoms with Crippen LogP contribution in [-0.2, 0) is 6.54 Å². The maximum Gasteiger partial charge on any atom is 0.285 e. The molecule has 1 N–H and O–H groups in total. The second-order valence-corrected chi connectivity index (χ2v) is 6.92. The minimum atomic E-state index is -0.692. The Balaban J connectivity index is 2.56. The zero-order valence-corrected chi connectivity index (χ0v) is 13.7. The van der Waals surface area contributed by atoms with Gasteiger partial charge in [0.2, 0.25) is 0 Å². The minimum absolute atomic E-state index is 0.0249. The van der Waals surface area contributed by atoms with Gasteiger partial charge in [-0.1, -0.05) is 12.1 Å². The van der Waals surface area contributed by atoms with Crippen LogP contribution in [0.4, 0.5) is 4.79 Å². The molecule has 0 aliphatic carbocycles. The van der Waals surface area contributed by atoms with Gasteiger partial charge in [-0.05, 0) is 50.4 Å². The second kappa shape index (κ2) is 7.11. The molecule has 0 aromatic heterocycles. The molecular formula is C15H24N2O2S. The van der Waals surface area contributed by atoms with Crippen LogP contribution in [0.5, 0.6) is 0 Å². The van der Waals surface area contributed by atoms with E-state index in [1.807, 2.05) is 31.3 Å². The van der Waals surface area contributed by atoms with Crippen molar-refractivity contribution in [1.82, 2.24) is 9.80 Å². The number of carbonyl (C=O) groups is 1. The fourth-order valence-corrected chi connectivity index (χ4v) is 2.54. The van der Waals surface area contributed by atoms with Crippen LogP contribution in [-0.4, -0.2) is 53.4 Å². The van der Waals surface area contributed by atoms with Crippen LogP contribution in [0.2, 0.25) is 0 Å². The maximum atomic E-state index is 11.6. The predicted molar refractivity (Wildman–Crippen MR) is 84.0 cm³/mol. The largest absolute Gasteiger partial charge is 0.389 e. The molecule has 0 aliphatic rings. The molecule has 1 amide bonds. The average Bonchev–Trinajstić information content (AvgIpc) is 2.28. The highest BCUT2D eigenvalue weighted by atomic mass is 32.2. The Kier molecular flexibility index (Phi) is 6.05. The number of benzene rings is 1. The van der Waals surface area contributed by atoms with Crippen molar-refractivity contribution in [3.05, 3.63) is 29.8 Å². The Labute approximate surface area is 125 Å². The Hall–Kier alpha value is -1.04.